The van der Waals surface area contributed by atoms with Gasteiger partial charge in [0.2, 0.25) is 5.91 Å². The van der Waals surface area contributed by atoms with E-state index in [0.717, 1.165) is 16.3 Å². The van der Waals surface area contributed by atoms with E-state index in [-0.39, 0.29) is 43.0 Å². The van der Waals surface area contributed by atoms with Gasteiger partial charge in [-0.25, -0.2) is 0 Å². The number of carbonyl (C=O) groups excluding carboxylic acids is 3. The summed E-state index contributed by atoms with van der Waals surface area (Å²) in [5.41, 5.74) is 7.14. The Labute approximate surface area is 240 Å². The van der Waals surface area contributed by atoms with Crippen molar-refractivity contribution >= 4 is 46.8 Å². The molecular formula is C31H37N3O5S. The number of aliphatic carboxylic acids is 1. The third-order valence-corrected chi connectivity index (χ3v) is 7.35. The lowest BCUT2D eigenvalue weighted by molar-refractivity contribution is -0.143. The average Bonchev–Trinajstić information content (AvgIpc) is 2.95. The number of aromatic nitrogens is 1. The number of amides is 1. The van der Waals surface area contributed by atoms with Gasteiger partial charge in [-0.1, -0.05) is 48.5 Å². The number of carbonyl (C=O) groups is 4. The molecule has 0 aliphatic carbocycles. The van der Waals surface area contributed by atoms with Crippen LogP contribution in [0.1, 0.15) is 43.4 Å². The maximum Gasteiger partial charge on any atom is 0.307 e. The first-order valence-electron chi connectivity index (χ1n) is 13.6. The minimum absolute atomic E-state index is 0.0100. The number of nitrogens with one attached hydrogen (secondary N) is 1. The zero-order valence-corrected chi connectivity index (χ0v) is 23.4. The van der Waals surface area contributed by atoms with Crippen LogP contribution in [0.4, 0.5) is 0 Å². The van der Waals surface area contributed by atoms with Crippen molar-refractivity contribution in [2.45, 2.75) is 51.0 Å². The van der Waals surface area contributed by atoms with Crippen LogP contribution in [0.5, 0.6) is 0 Å². The highest BCUT2D eigenvalue weighted by Crippen LogP contribution is 2.19. The number of pyridine rings is 1. The summed E-state index contributed by atoms with van der Waals surface area (Å²) in [5, 5.41) is 14.3. The Bertz CT molecular complexity index is 1300. The molecule has 2 unspecified atom stereocenters. The van der Waals surface area contributed by atoms with Gasteiger partial charge >= 0.3 is 5.97 Å². The molecule has 0 spiro atoms. The number of rotatable bonds is 17. The summed E-state index contributed by atoms with van der Waals surface area (Å²) >= 11 is 4.06. The highest BCUT2D eigenvalue weighted by atomic mass is 32.1. The second-order valence-electron chi connectivity index (χ2n) is 10.1. The van der Waals surface area contributed by atoms with E-state index in [1.807, 2.05) is 48.5 Å². The normalized spacial score (nSPS) is 13.3. The molecule has 0 fully saturated rings. The summed E-state index contributed by atoms with van der Waals surface area (Å²) < 4.78 is 0. The van der Waals surface area contributed by atoms with Crippen LogP contribution in [0.3, 0.4) is 0 Å². The summed E-state index contributed by atoms with van der Waals surface area (Å²) in [6.07, 6.45) is 3.37. The van der Waals surface area contributed by atoms with E-state index in [1.165, 1.54) is 0 Å². The highest BCUT2D eigenvalue weighted by molar-refractivity contribution is 7.80. The summed E-state index contributed by atoms with van der Waals surface area (Å²) in [4.78, 5) is 55.6. The summed E-state index contributed by atoms with van der Waals surface area (Å²) in [6.45, 7) is 0.439. The van der Waals surface area contributed by atoms with Crippen molar-refractivity contribution in [3.63, 3.8) is 0 Å². The minimum Gasteiger partial charge on any atom is -0.481 e. The first kappa shape index (κ1) is 31.0. The van der Waals surface area contributed by atoms with E-state index in [9.17, 15) is 24.3 Å². The number of hydrogen-bond donors (Lipinski definition) is 4. The molecule has 1 amide bonds. The number of carboxylic acids is 1. The largest absolute Gasteiger partial charge is 0.481 e. The molecule has 9 heteroatoms. The second kappa shape index (κ2) is 15.9. The highest BCUT2D eigenvalue weighted by Gasteiger charge is 2.30. The number of nitrogens with two attached hydrogens (primary N) is 1. The lowest BCUT2D eigenvalue weighted by Crippen LogP contribution is -2.45. The third-order valence-electron chi connectivity index (χ3n) is 6.91. The van der Waals surface area contributed by atoms with Crippen molar-refractivity contribution in [3.05, 3.63) is 78.1 Å². The van der Waals surface area contributed by atoms with Gasteiger partial charge in [-0.2, -0.15) is 12.6 Å². The van der Waals surface area contributed by atoms with Crippen LogP contribution in [0.2, 0.25) is 0 Å². The lowest BCUT2D eigenvalue weighted by atomic mass is 9.91. The fourth-order valence-electron chi connectivity index (χ4n) is 4.66. The topological polar surface area (TPSA) is 139 Å². The fourth-order valence-corrected chi connectivity index (χ4v) is 4.95. The Morgan fingerprint density at radius 2 is 1.68 bits per heavy atom. The monoisotopic (exact) mass is 563 g/mol. The molecule has 4 N–H and O–H groups in total. The molecule has 0 aliphatic rings. The van der Waals surface area contributed by atoms with Crippen LogP contribution in [0.15, 0.2) is 66.9 Å². The number of fused-ring (bicyclic) bond motifs is 1. The van der Waals surface area contributed by atoms with Gasteiger partial charge in [0.05, 0.1) is 17.9 Å². The second-order valence-corrected chi connectivity index (χ2v) is 10.4. The molecule has 1 heterocycles. The number of benzene rings is 2. The SMILES string of the molecule is NCCCC[C@H](NC(=O)C(CC(=O)Cc1ccc2ccccc2c1)Cc1ccccn1)C(=O)CC(CS)C(=O)O. The van der Waals surface area contributed by atoms with Gasteiger partial charge in [0, 0.05) is 43.3 Å². The molecule has 2 aromatic carbocycles. The van der Waals surface area contributed by atoms with Gasteiger partial charge in [0.25, 0.3) is 0 Å². The fraction of sp³-hybridized carbons (Fsp3) is 0.387. The van der Waals surface area contributed by atoms with E-state index in [0.29, 0.717) is 31.5 Å². The molecular weight excluding hydrogens is 526 g/mol. The predicted octanol–water partition coefficient (Wildman–Crippen LogP) is 3.80. The minimum atomic E-state index is -1.11. The maximum atomic E-state index is 13.5. The lowest BCUT2D eigenvalue weighted by Gasteiger charge is -2.23. The summed E-state index contributed by atoms with van der Waals surface area (Å²) in [5.74, 6) is -3.69. The number of carboxylic acid groups (broad SMARTS) is 1. The smallest absolute Gasteiger partial charge is 0.307 e. The molecule has 0 bridgehead atoms. The van der Waals surface area contributed by atoms with Gasteiger partial charge in [-0.3, -0.25) is 24.2 Å². The number of hydrogen-bond acceptors (Lipinski definition) is 7. The number of unbranched alkanes of at least 4 members (excludes halogenated alkanes) is 1. The Kier molecular flexibility index (Phi) is 12.3. The van der Waals surface area contributed by atoms with Crippen LogP contribution >= 0.6 is 12.6 Å². The standard InChI is InChI=1S/C31H37N3O5S/c32-13-5-3-10-28(29(36)19-25(20-40)31(38)39)34-30(37)24(17-26-9-4-6-14-33-26)18-27(35)16-21-11-12-22-7-1-2-8-23(22)15-21/h1-2,4,6-9,11-12,14-15,24-25,28,40H,3,5,10,13,16-20,32H2,(H,34,37)(H,38,39)/t24?,25?,28-/m0/s1. The van der Waals surface area contributed by atoms with Crippen molar-refractivity contribution in [2.75, 3.05) is 12.3 Å². The molecule has 3 aromatic rings. The molecule has 0 radical (unpaired) electrons. The molecule has 8 nitrogen and oxygen atoms in total. The van der Waals surface area contributed by atoms with E-state index >= 15 is 0 Å². The van der Waals surface area contributed by atoms with Crippen molar-refractivity contribution in [1.82, 2.24) is 10.3 Å². The van der Waals surface area contributed by atoms with Crippen molar-refractivity contribution in [2.24, 2.45) is 17.6 Å². The first-order valence-corrected chi connectivity index (χ1v) is 14.2. The Morgan fingerprint density at radius 1 is 0.925 bits per heavy atom. The summed E-state index contributed by atoms with van der Waals surface area (Å²) in [7, 11) is 0. The van der Waals surface area contributed by atoms with Crippen LogP contribution < -0.4 is 11.1 Å². The molecule has 0 aliphatic heterocycles. The van der Waals surface area contributed by atoms with Crippen LogP contribution in [0.25, 0.3) is 10.8 Å². The average molecular weight is 564 g/mol. The zero-order chi connectivity index (χ0) is 28.9. The molecule has 3 rings (SSSR count). The molecule has 0 saturated carbocycles. The zero-order valence-electron chi connectivity index (χ0n) is 22.5. The Hall–Kier alpha value is -3.56. The van der Waals surface area contributed by atoms with E-state index in [4.69, 9.17) is 5.73 Å². The predicted molar refractivity (Wildman–Crippen MR) is 158 cm³/mol. The van der Waals surface area contributed by atoms with Gasteiger partial charge in [0.15, 0.2) is 5.78 Å². The Morgan fingerprint density at radius 3 is 2.35 bits per heavy atom. The maximum absolute atomic E-state index is 13.5. The third kappa shape index (κ3) is 9.57. The number of nitrogens with zero attached hydrogens (tertiary/aromatic N) is 1. The first-order chi connectivity index (χ1) is 19.3. The van der Waals surface area contributed by atoms with Crippen molar-refractivity contribution in [3.8, 4) is 0 Å². The van der Waals surface area contributed by atoms with Crippen LogP contribution in [0, 0.1) is 11.8 Å². The summed E-state index contributed by atoms with van der Waals surface area (Å²) in [6, 6.07) is 18.3. The molecule has 212 valence electrons. The van der Waals surface area contributed by atoms with Gasteiger partial charge in [-0.15, -0.1) is 0 Å². The quantitative estimate of drug-likeness (QED) is 0.145. The number of thiol groups is 1. The molecule has 0 saturated heterocycles. The van der Waals surface area contributed by atoms with E-state index in [1.54, 1.807) is 18.3 Å². The van der Waals surface area contributed by atoms with Gasteiger partial charge < -0.3 is 16.2 Å². The van der Waals surface area contributed by atoms with Crippen LogP contribution in [-0.2, 0) is 32.0 Å². The van der Waals surface area contributed by atoms with Crippen LogP contribution in [-0.4, -0.2) is 51.9 Å². The van der Waals surface area contributed by atoms with Crippen molar-refractivity contribution < 1.29 is 24.3 Å². The molecule has 3 atom stereocenters. The van der Waals surface area contributed by atoms with Crippen molar-refractivity contribution in [1.29, 1.82) is 0 Å². The van der Waals surface area contributed by atoms with Gasteiger partial charge in [0.1, 0.15) is 5.78 Å². The van der Waals surface area contributed by atoms with Gasteiger partial charge in [-0.05, 0) is 54.3 Å². The van der Waals surface area contributed by atoms with E-state index in [2.05, 4.69) is 22.9 Å². The number of ketones is 2. The molecule has 1 aromatic heterocycles. The Balaban J connectivity index is 1.76. The number of Topliss-reactive ketones (excluding diaryl/α,β-unsaturated/α-hetero) is 2. The van der Waals surface area contributed by atoms with E-state index < -0.39 is 29.8 Å². The molecule has 40 heavy (non-hydrogen) atoms.